The van der Waals surface area contributed by atoms with Crippen molar-refractivity contribution < 1.29 is 9.21 Å². The standard InChI is InChI=1S/C24H22N2O2/c27-24(26-18-11-13-25-14-12-18)20-10-9-17(15-16-5-1-2-6-16)23-22(20)19-7-3-4-8-21(19)28-23/h3-4,7-14,16H,1-2,5-6,15H2,(H,25,26,27). The predicted molar refractivity (Wildman–Crippen MR) is 112 cm³/mol. The van der Waals surface area contributed by atoms with Crippen LogP contribution < -0.4 is 5.32 Å². The Balaban J connectivity index is 1.62. The molecule has 5 rings (SSSR count). The molecule has 2 aromatic heterocycles. The predicted octanol–water partition coefficient (Wildman–Crippen LogP) is 5.97. The molecule has 1 amide bonds. The van der Waals surface area contributed by atoms with Crippen LogP contribution in [0.25, 0.3) is 21.9 Å². The highest BCUT2D eigenvalue weighted by Crippen LogP contribution is 2.37. The van der Waals surface area contributed by atoms with Gasteiger partial charge in [0.1, 0.15) is 11.2 Å². The fourth-order valence-corrected chi connectivity index (χ4v) is 4.39. The summed E-state index contributed by atoms with van der Waals surface area (Å²) in [6, 6.07) is 15.6. The van der Waals surface area contributed by atoms with Gasteiger partial charge >= 0.3 is 0 Å². The molecule has 0 aliphatic heterocycles. The van der Waals surface area contributed by atoms with E-state index in [0.29, 0.717) is 11.5 Å². The van der Waals surface area contributed by atoms with Crippen molar-refractivity contribution in [3.05, 3.63) is 72.1 Å². The third-order valence-electron chi connectivity index (χ3n) is 5.77. The highest BCUT2D eigenvalue weighted by molar-refractivity contribution is 6.20. The lowest BCUT2D eigenvalue weighted by Crippen LogP contribution is -2.12. The zero-order valence-corrected chi connectivity index (χ0v) is 15.7. The van der Waals surface area contributed by atoms with Crippen molar-refractivity contribution in [1.29, 1.82) is 0 Å². The van der Waals surface area contributed by atoms with Crippen molar-refractivity contribution in [2.24, 2.45) is 5.92 Å². The van der Waals surface area contributed by atoms with Gasteiger partial charge in [0, 0.05) is 28.9 Å². The number of aromatic nitrogens is 1. The molecule has 0 spiro atoms. The van der Waals surface area contributed by atoms with E-state index in [1.807, 2.05) is 30.3 Å². The van der Waals surface area contributed by atoms with Gasteiger partial charge in [-0.2, -0.15) is 0 Å². The molecular weight excluding hydrogens is 348 g/mol. The third-order valence-corrected chi connectivity index (χ3v) is 5.77. The number of furan rings is 1. The molecular formula is C24H22N2O2. The summed E-state index contributed by atoms with van der Waals surface area (Å²) in [6.07, 6.45) is 9.56. The first-order chi connectivity index (χ1) is 13.8. The molecule has 140 valence electrons. The van der Waals surface area contributed by atoms with Crippen molar-refractivity contribution in [2.75, 3.05) is 5.32 Å². The van der Waals surface area contributed by atoms with E-state index in [1.165, 1.54) is 31.2 Å². The van der Waals surface area contributed by atoms with Crippen molar-refractivity contribution in [1.82, 2.24) is 4.98 Å². The van der Waals surface area contributed by atoms with E-state index in [2.05, 4.69) is 16.4 Å². The molecule has 1 saturated carbocycles. The molecule has 0 atom stereocenters. The van der Waals surface area contributed by atoms with Gasteiger partial charge < -0.3 is 9.73 Å². The fourth-order valence-electron chi connectivity index (χ4n) is 4.39. The second-order valence-electron chi connectivity index (χ2n) is 7.62. The van der Waals surface area contributed by atoms with Crippen LogP contribution in [0.15, 0.2) is 65.3 Å². The minimum Gasteiger partial charge on any atom is -0.456 e. The first kappa shape index (κ1) is 17.0. The summed E-state index contributed by atoms with van der Waals surface area (Å²) in [6.45, 7) is 0. The first-order valence-electron chi connectivity index (χ1n) is 9.94. The number of anilines is 1. The lowest BCUT2D eigenvalue weighted by atomic mass is 9.94. The number of pyridine rings is 1. The molecule has 4 heteroatoms. The number of hydrogen-bond acceptors (Lipinski definition) is 3. The van der Waals surface area contributed by atoms with E-state index >= 15 is 0 Å². The second-order valence-corrected chi connectivity index (χ2v) is 7.62. The fraction of sp³-hybridized carbons (Fsp3) is 0.250. The summed E-state index contributed by atoms with van der Waals surface area (Å²) in [5.74, 6) is 0.586. The Morgan fingerprint density at radius 2 is 1.82 bits per heavy atom. The zero-order valence-electron chi connectivity index (χ0n) is 15.7. The van der Waals surface area contributed by atoms with Crippen LogP contribution in [-0.2, 0) is 6.42 Å². The average molecular weight is 370 g/mol. The second kappa shape index (κ2) is 7.12. The maximum absolute atomic E-state index is 13.1. The summed E-state index contributed by atoms with van der Waals surface area (Å²) in [5, 5.41) is 4.88. The summed E-state index contributed by atoms with van der Waals surface area (Å²) < 4.78 is 6.24. The highest BCUT2D eigenvalue weighted by atomic mass is 16.3. The van der Waals surface area contributed by atoms with Crippen molar-refractivity contribution in [3.8, 4) is 0 Å². The summed E-state index contributed by atoms with van der Waals surface area (Å²) in [4.78, 5) is 17.1. The van der Waals surface area contributed by atoms with Crippen LogP contribution in [0, 0.1) is 5.92 Å². The van der Waals surface area contributed by atoms with Gasteiger partial charge in [0.05, 0.1) is 5.56 Å². The summed E-state index contributed by atoms with van der Waals surface area (Å²) in [5.41, 5.74) is 4.27. The normalized spacial score (nSPS) is 14.7. The number of nitrogens with one attached hydrogen (secondary N) is 1. The lowest BCUT2D eigenvalue weighted by molar-refractivity contribution is 0.102. The maximum Gasteiger partial charge on any atom is 0.256 e. The molecule has 0 radical (unpaired) electrons. The topological polar surface area (TPSA) is 55.1 Å². The van der Waals surface area contributed by atoms with Crippen LogP contribution in [0.3, 0.4) is 0 Å². The molecule has 2 heterocycles. The maximum atomic E-state index is 13.1. The number of fused-ring (bicyclic) bond motifs is 3. The molecule has 28 heavy (non-hydrogen) atoms. The molecule has 4 aromatic rings. The van der Waals surface area contributed by atoms with E-state index in [0.717, 1.165) is 34.0 Å². The Morgan fingerprint density at radius 3 is 2.64 bits per heavy atom. The highest BCUT2D eigenvalue weighted by Gasteiger charge is 2.22. The number of benzene rings is 2. The average Bonchev–Trinajstić information content (AvgIpc) is 3.37. The number of amides is 1. The van der Waals surface area contributed by atoms with Crippen LogP contribution >= 0.6 is 0 Å². The molecule has 0 unspecified atom stereocenters. The number of hydrogen-bond donors (Lipinski definition) is 1. The van der Waals surface area contributed by atoms with Gasteiger partial charge in [0.2, 0.25) is 0 Å². The monoisotopic (exact) mass is 370 g/mol. The smallest absolute Gasteiger partial charge is 0.256 e. The Morgan fingerprint density at radius 1 is 1.04 bits per heavy atom. The van der Waals surface area contributed by atoms with Gasteiger partial charge in [-0.25, -0.2) is 0 Å². The van der Waals surface area contributed by atoms with Gasteiger partial charge in [0.25, 0.3) is 5.91 Å². The zero-order chi connectivity index (χ0) is 18.9. The minimum atomic E-state index is -0.129. The molecule has 0 bridgehead atoms. The summed E-state index contributed by atoms with van der Waals surface area (Å²) in [7, 11) is 0. The molecule has 1 fully saturated rings. The lowest BCUT2D eigenvalue weighted by Gasteiger charge is -2.11. The van der Waals surface area contributed by atoms with E-state index in [1.54, 1.807) is 24.5 Å². The van der Waals surface area contributed by atoms with Crippen molar-refractivity contribution in [3.63, 3.8) is 0 Å². The van der Waals surface area contributed by atoms with Crippen LogP contribution in [0.4, 0.5) is 5.69 Å². The number of carbonyl (C=O) groups is 1. The quantitative estimate of drug-likeness (QED) is 0.482. The van der Waals surface area contributed by atoms with Crippen molar-refractivity contribution >= 4 is 33.5 Å². The Bertz CT molecular complexity index is 1140. The van der Waals surface area contributed by atoms with Crippen LogP contribution in [-0.4, -0.2) is 10.9 Å². The number of nitrogens with zero attached hydrogens (tertiary/aromatic N) is 1. The van der Waals surface area contributed by atoms with E-state index in [9.17, 15) is 4.79 Å². The van der Waals surface area contributed by atoms with Gasteiger partial charge in [-0.15, -0.1) is 0 Å². The van der Waals surface area contributed by atoms with Gasteiger partial charge in [-0.3, -0.25) is 9.78 Å². The number of rotatable bonds is 4. The van der Waals surface area contributed by atoms with E-state index in [-0.39, 0.29) is 5.91 Å². The SMILES string of the molecule is O=C(Nc1ccncc1)c1ccc(CC2CCCC2)c2oc3ccccc3c12. The molecule has 4 nitrogen and oxygen atoms in total. The van der Waals surface area contributed by atoms with Gasteiger partial charge in [-0.1, -0.05) is 49.9 Å². The minimum absolute atomic E-state index is 0.129. The van der Waals surface area contributed by atoms with E-state index in [4.69, 9.17) is 4.42 Å². The Hall–Kier alpha value is -3.14. The number of carbonyl (C=O) groups excluding carboxylic acids is 1. The molecule has 1 N–H and O–H groups in total. The van der Waals surface area contributed by atoms with Gasteiger partial charge in [0.15, 0.2) is 0 Å². The molecule has 1 aliphatic carbocycles. The van der Waals surface area contributed by atoms with Crippen LogP contribution in [0.5, 0.6) is 0 Å². The number of para-hydroxylation sites is 1. The summed E-state index contributed by atoms with van der Waals surface area (Å²) >= 11 is 0. The molecule has 0 saturated heterocycles. The molecule has 1 aliphatic rings. The van der Waals surface area contributed by atoms with Crippen molar-refractivity contribution in [2.45, 2.75) is 32.1 Å². The Labute approximate surface area is 163 Å². The third kappa shape index (κ3) is 3.05. The Kier molecular flexibility index (Phi) is 4.32. The van der Waals surface area contributed by atoms with E-state index < -0.39 is 0 Å². The largest absolute Gasteiger partial charge is 0.456 e. The first-order valence-corrected chi connectivity index (χ1v) is 9.94. The van der Waals surface area contributed by atoms with Crippen LogP contribution in [0.2, 0.25) is 0 Å². The van der Waals surface area contributed by atoms with Gasteiger partial charge in [-0.05, 0) is 42.2 Å². The molecule has 2 aromatic carbocycles. The van der Waals surface area contributed by atoms with Crippen LogP contribution in [0.1, 0.15) is 41.6 Å².